The van der Waals surface area contributed by atoms with Crippen molar-refractivity contribution in [3.05, 3.63) is 65.4 Å². The van der Waals surface area contributed by atoms with Crippen LogP contribution < -0.4 is 10.6 Å². The highest BCUT2D eigenvalue weighted by atomic mass is 32.2. The molecule has 40 heavy (non-hydrogen) atoms. The average molecular weight is 564 g/mol. The minimum absolute atomic E-state index is 0.0573. The van der Waals surface area contributed by atoms with E-state index in [0.717, 1.165) is 38.0 Å². The maximum Gasteiger partial charge on any atom is 0.287 e. The van der Waals surface area contributed by atoms with Crippen LogP contribution in [-0.4, -0.2) is 67.9 Å². The van der Waals surface area contributed by atoms with Gasteiger partial charge in [-0.15, -0.1) is 0 Å². The molecule has 10 nitrogen and oxygen atoms in total. The lowest BCUT2D eigenvalue weighted by atomic mass is 9.97. The second-order valence-electron chi connectivity index (χ2n) is 10.6. The van der Waals surface area contributed by atoms with E-state index in [2.05, 4.69) is 21.6 Å². The molecule has 0 unspecified atom stereocenters. The van der Waals surface area contributed by atoms with Crippen LogP contribution in [0.25, 0.3) is 11.0 Å². The number of carbonyl (C=O) groups excluding carboxylic acids is 2. The Kier molecular flexibility index (Phi) is 8.21. The number of nitriles is 1. The average Bonchev–Trinajstić information content (AvgIpc) is 3.38. The van der Waals surface area contributed by atoms with Gasteiger partial charge in [-0.25, -0.2) is 12.7 Å². The van der Waals surface area contributed by atoms with Crippen LogP contribution in [0, 0.1) is 17.2 Å². The van der Waals surface area contributed by atoms with Crippen molar-refractivity contribution in [1.82, 2.24) is 14.5 Å². The van der Waals surface area contributed by atoms with Crippen molar-refractivity contribution >= 4 is 38.5 Å². The number of benzene rings is 2. The lowest BCUT2D eigenvalue weighted by Gasteiger charge is -2.32. The number of hydrogen-bond acceptors (Lipinski definition) is 7. The molecule has 0 bridgehead atoms. The summed E-state index contributed by atoms with van der Waals surface area (Å²) in [4.78, 5) is 28.0. The van der Waals surface area contributed by atoms with Gasteiger partial charge >= 0.3 is 0 Å². The predicted octanol–water partition coefficient (Wildman–Crippen LogP) is 3.31. The van der Waals surface area contributed by atoms with Gasteiger partial charge in [-0.2, -0.15) is 5.26 Å². The molecule has 2 aliphatic heterocycles. The Hall–Kier alpha value is -3.72. The van der Waals surface area contributed by atoms with E-state index in [0.29, 0.717) is 48.2 Å². The molecule has 0 radical (unpaired) electrons. The Morgan fingerprint density at radius 1 is 1.00 bits per heavy atom. The van der Waals surface area contributed by atoms with Crippen LogP contribution in [0.1, 0.15) is 47.4 Å². The van der Waals surface area contributed by atoms with E-state index in [-0.39, 0.29) is 29.5 Å². The summed E-state index contributed by atoms with van der Waals surface area (Å²) in [7, 11) is -3.24. The van der Waals surface area contributed by atoms with Gasteiger partial charge in [0.2, 0.25) is 15.9 Å². The van der Waals surface area contributed by atoms with Crippen LogP contribution in [0.15, 0.2) is 52.9 Å². The molecule has 2 N–H and O–H groups in total. The summed E-state index contributed by atoms with van der Waals surface area (Å²) in [5, 5.41) is 15.7. The minimum Gasteiger partial charge on any atom is -0.451 e. The van der Waals surface area contributed by atoms with Crippen LogP contribution in [0.3, 0.4) is 0 Å². The molecule has 2 amide bonds. The van der Waals surface area contributed by atoms with Crippen molar-refractivity contribution < 1.29 is 22.4 Å². The molecule has 0 saturated carbocycles. The van der Waals surface area contributed by atoms with Gasteiger partial charge in [0, 0.05) is 55.8 Å². The molecule has 5 rings (SSSR count). The number of rotatable bonds is 7. The summed E-state index contributed by atoms with van der Waals surface area (Å²) in [6.45, 7) is 3.22. The van der Waals surface area contributed by atoms with Gasteiger partial charge in [-0.05, 0) is 67.6 Å². The fraction of sp³-hybridized carbons (Fsp3) is 0.414. The standard InChI is InChI=1S/C29H33N5O5S/c1-40(37,38)34-14-8-22(9-15-34)28(35)32-25-6-7-26-23(16-25)17-27(39-26)29(36)31-24-10-12-33(13-11-24)19-21-4-2-20(18-30)3-5-21/h2-7,16-17,22,24H,8-15,19H2,1H3,(H,31,36)(H,32,35). The minimum atomic E-state index is -3.24. The Labute approximate surface area is 234 Å². The van der Waals surface area contributed by atoms with Crippen molar-refractivity contribution in [2.75, 3.05) is 37.8 Å². The fourth-order valence-electron chi connectivity index (χ4n) is 5.36. The quantitative estimate of drug-likeness (QED) is 0.450. The van der Waals surface area contributed by atoms with Crippen LogP contribution >= 0.6 is 0 Å². The van der Waals surface area contributed by atoms with Crippen molar-refractivity contribution in [2.24, 2.45) is 5.92 Å². The van der Waals surface area contributed by atoms with E-state index in [1.165, 1.54) is 10.6 Å². The molecule has 2 saturated heterocycles. The van der Waals surface area contributed by atoms with Gasteiger partial charge in [0.1, 0.15) is 5.58 Å². The third-order valence-corrected chi connectivity index (χ3v) is 9.02. The van der Waals surface area contributed by atoms with E-state index < -0.39 is 10.0 Å². The van der Waals surface area contributed by atoms with Crippen molar-refractivity contribution in [2.45, 2.75) is 38.3 Å². The topological polar surface area (TPSA) is 136 Å². The van der Waals surface area contributed by atoms with Crippen molar-refractivity contribution in [3.8, 4) is 6.07 Å². The van der Waals surface area contributed by atoms with E-state index in [1.807, 2.05) is 24.3 Å². The summed E-state index contributed by atoms with van der Waals surface area (Å²) in [6.07, 6.45) is 3.81. The number of piperidine rings is 2. The number of anilines is 1. The SMILES string of the molecule is CS(=O)(=O)N1CCC(C(=O)Nc2ccc3oc(C(=O)NC4CCN(Cc5ccc(C#N)cc5)CC4)cc3c2)CC1. The number of furan rings is 1. The fourth-order valence-corrected chi connectivity index (χ4v) is 6.24. The summed E-state index contributed by atoms with van der Waals surface area (Å²) < 4.78 is 30.6. The first-order chi connectivity index (χ1) is 19.2. The maximum atomic E-state index is 12.9. The first-order valence-electron chi connectivity index (χ1n) is 13.5. The van der Waals surface area contributed by atoms with Gasteiger partial charge in [0.15, 0.2) is 5.76 Å². The van der Waals surface area contributed by atoms with E-state index in [4.69, 9.17) is 9.68 Å². The molecule has 2 fully saturated rings. The second kappa shape index (κ2) is 11.8. The molecular formula is C29H33N5O5S. The number of carbonyl (C=O) groups is 2. The predicted molar refractivity (Wildman–Crippen MR) is 151 cm³/mol. The zero-order valence-electron chi connectivity index (χ0n) is 22.4. The first-order valence-corrected chi connectivity index (χ1v) is 15.3. The van der Waals surface area contributed by atoms with Crippen molar-refractivity contribution in [1.29, 1.82) is 5.26 Å². The zero-order valence-corrected chi connectivity index (χ0v) is 23.2. The third-order valence-electron chi connectivity index (χ3n) is 7.71. The molecule has 1 aromatic heterocycles. The lowest BCUT2D eigenvalue weighted by Crippen LogP contribution is -2.44. The number of amides is 2. The molecule has 3 aromatic rings. The van der Waals surface area contributed by atoms with E-state index in [1.54, 1.807) is 24.3 Å². The molecular weight excluding hydrogens is 530 g/mol. The van der Waals surface area contributed by atoms with Gasteiger partial charge < -0.3 is 15.1 Å². The Morgan fingerprint density at radius 2 is 1.70 bits per heavy atom. The van der Waals surface area contributed by atoms with Gasteiger partial charge in [0.25, 0.3) is 5.91 Å². The first kappa shape index (κ1) is 27.8. The molecule has 2 aliphatic rings. The van der Waals surface area contributed by atoms with Gasteiger partial charge in [-0.3, -0.25) is 14.5 Å². The van der Waals surface area contributed by atoms with Crippen LogP contribution in [-0.2, 0) is 21.4 Å². The highest BCUT2D eigenvalue weighted by Crippen LogP contribution is 2.26. The molecule has 210 valence electrons. The van der Waals surface area contributed by atoms with Crippen LogP contribution in [0.5, 0.6) is 0 Å². The third kappa shape index (κ3) is 6.70. The largest absolute Gasteiger partial charge is 0.451 e. The molecule has 0 spiro atoms. The summed E-state index contributed by atoms with van der Waals surface area (Å²) >= 11 is 0. The zero-order chi connectivity index (χ0) is 28.3. The summed E-state index contributed by atoms with van der Waals surface area (Å²) in [5.41, 5.74) is 2.98. The Morgan fingerprint density at radius 3 is 2.35 bits per heavy atom. The van der Waals surface area contributed by atoms with Crippen LogP contribution in [0.2, 0.25) is 0 Å². The number of nitrogens with zero attached hydrogens (tertiary/aromatic N) is 3. The molecule has 2 aromatic carbocycles. The normalized spacial score (nSPS) is 17.9. The number of likely N-dealkylation sites (tertiary alicyclic amines) is 1. The monoisotopic (exact) mass is 563 g/mol. The molecule has 0 atom stereocenters. The summed E-state index contributed by atoms with van der Waals surface area (Å²) in [6, 6.07) is 16.8. The smallest absolute Gasteiger partial charge is 0.287 e. The van der Waals surface area contributed by atoms with Crippen molar-refractivity contribution in [3.63, 3.8) is 0 Å². The van der Waals surface area contributed by atoms with Gasteiger partial charge in [-0.1, -0.05) is 12.1 Å². The Bertz CT molecular complexity index is 1530. The van der Waals surface area contributed by atoms with Crippen LogP contribution in [0.4, 0.5) is 5.69 Å². The number of fused-ring (bicyclic) bond motifs is 1. The molecule has 0 aliphatic carbocycles. The van der Waals surface area contributed by atoms with E-state index >= 15 is 0 Å². The highest BCUT2D eigenvalue weighted by Gasteiger charge is 2.29. The highest BCUT2D eigenvalue weighted by molar-refractivity contribution is 7.88. The van der Waals surface area contributed by atoms with E-state index in [9.17, 15) is 18.0 Å². The molecule has 3 heterocycles. The van der Waals surface area contributed by atoms with Gasteiger partial charge in [0.05, 0.1) is 17.9 Å². The number of sulfonamides is 1. The summed E-state index contributed by atoms with van der Waals surface area (Å²) in [5.74, 6) is -0.425. The number of nitrogens with one attached hydrogen (secondary N) is 2. The maximum absolute atomic E-state index is 12.9. The second-order valence-corrected chi connectivity index (χ2v) is 12.6. The Balaban J connectivity index is 1.12. The molecule has 11 heteroatoms. The number of hydrogen-bond donors (Lipinski definition) is 2. The lowest BCUT2D eigenvalue weighted by molar-refractivity contribution is -0.120.